The number of nitrogens with zero attached hydrogens (tertiary/aromatic N) is 5. The van der Waals surface area contributed by atoms with Crippen LogP contribution in [0.25, 0.3) is 0 Å². The maximum Gasteiger partial charge on any atom is 0.197 e. The zero-order chi connectivity index (χ0) is 14.1. The second kappa shape index (κ2) is 5.69. The summed E-state index contributed by atoms with van der Waals surface area (Å²) in [6.45, 7) is 4.96. The number of halogens is 1. The summed E-state index contributed by atoms with van der Waals surface area (Å²) in [4.78, 5) is 0. The van der Waals surface area contributed by atoms with Gasteiger partial charge in [-0.2, -0.15) is 0 Å². The molecule has 0 spiro atoms. The van der Waals surface area contributed by atoms with Crippen LogP contribution < -0.4 is 0 Å². The zero-order valence-corrected chi connectivity index (χ0v) is 13.1. The van der Waals surface area contributed by atoms with E-state index in [4.69, 9.17) is 11.6 Å². The Hall–Kier alpha value is -1.14. The van der Waals surface area contributed by atoms with Gasteiger partial charge in [-0.1, -0.05) is 18.0 Å². The van der Waals surface area contributed by atoms with Crippen LogP contribution in [-0.2, 0) is 13.0 Å². The molecule has 2 aromatic heterocycles. The van der Waals surface area contributed by atoms with Gasteiger partial charge in [0.25, 0.3) is 0 Å². The van der Waals surface area contributed by atoms with E-state index in [2.05, 4.69) is 25.0 Å². The average Bonchev–Trinajstić information content (AvgIpc) is 2.68. The van der Waals surface area contributed by atoms with E-state index < -0.39 is 0 Å². The lowest BCUT2D eigenvalue weighted by Crippen LogP contribution is -2.03. The van der Waals surface area contributed by atoms with Crippen molar-refractivity contribution in [1.29, 1.82) is 0 Å². The lowest BCUT2D eigenvalue weighted by Gasteiger charge is -2.08. The standard InChI is InChI=1S/C13H16ClN5S/c1-8-9(2)12(17-16-11(8)14)20-13-18-15-10-6-4-3-5-7-19(10)13/h3-7H2,1-2H3. The Morgan fingerprint density at radius 1 is 1.00 bits per heavy atom. The smallest absolute Gasteiger partial charge is 0.197 e. The third-order valence-electron chi connectivity index (χ3n) is 3.68. The summed E-state index contributed by atoms with van der Waals surface area (Å²) in [5.41, 5.74) is 2.03. The third kappa shape index (κ3) is 2.54. The monoisotopic (exact) mass is 309 g/mol. The molecule has 5 nitrogen and oxygen atoms in total. The van der Waals surface area contributed by atoms with Crippen LogP contribution in [0.5, 0.6) is 0 Å². The molecule has 3 heterocycles. The van der Waals surface area contributed by atoms with Crippen LogP contribution in [0.3, 0.4) is 0 Å². The summed E-state index contributed by atoms with van der Waals surface area (Å²) in [5.74, 6) is 1.08. The van der Waals surface area contributed by atoms with Crippen molar-refractivity contribution in [3.63, 3.8) is 0 Å². The van der Waals surface area contributed by atoms with Gasteiger partial charge in [0, 0.05) is 13.0 Å². The van der Waals surface area contributed by atoms with E-state index >= 15 is 0 Å². The minimum atomic E-state index is 0.465. The highest BCUT2D eigenvalue weighted by atomic mass is 35.5. The maximum absolute atomic E-state index is 5.99. The van der Waals surface area contributed by atoms with Crippen molar-refractivity contribution >= 4 is 23.4 Å². The molecule has 3 rings (SSSR count). The highest BCUT2D eigenvalue weighted by Gasteiger charge is 2.18. The Bertz CT molecular complexity index is 640. The van der Waals surface area contributed by atoms with E-state index in [1.54, 1.807) is 0 Å². The fourth-order valence-corrected chi connectivity index (χ4v) is 3.40. The van der Waals surface area contributed by atoms with E-state index in [0.29, 0.717) is 5.15 Å². The SMILES string of the molecule is Cc1c(Cl)nnc(Sc2nnc3n2CCCCC3)c1C. The summed E-state index contributed by atoms with van der Waals surface area (Å²) < 4.78 is 2.21. The fraction of sp³-hybridized carbons (Fsp3) is 0.538. The topological polar surface area (TPSA) is 56.5 Å². The molecule has 0 saturated heterocycles. The first-order chi connectivity index (χ1) is 9.66. The summed E-state index contributed by atoms with van der Waals surface area (Å²) in [6, 6.07) is 0. The molecule has 0 saturated carbocycles. The lowest BCUT2D eigenvalue weighted by molar-refractivity contribution is 0.590. The molecule has 2 aromatic rings. The Morgan fingerprint density at radius 2 is 1.85 bits per heavy atom. The first-order valence-electron chi connectivity index (χ1n) is 6.76. The number of hydrogen-bond acceptors (Lipinski definition) is 5. The van der Waals surface area contributed by atoms with Crippen molar-refractivity contribution in [2.45, 2.75) is 56.3 Å². The molecule has 0 aromatic carbocycles. The van der Waals surface area contributed by atoms with Gasteiger partial charge in [0.15, 0.2) is 10.3 Å². The van der Waals surface area contributed by atoms with Crippen molar-refractivity contribution in [3.8, 4) is 0 Å². The van der Waals surface area contributed by atoms with Crippen LogP contribution in [0.1, 0.15) is 36.2 Å². The molecule has 0 aliphatic carbocycles. The minimum Gasteiger partial charge on any atom is -0.306 e. The molecule has 0 fully saturated rings. The van der Waals surface area contributed by atoms with Gasteiger partial charge in [-0.15, -0.1) is 20.4 Å². The van der Waals surface area contributed by atoms with Crippen LogP contribution in [0, 0.1) is 13.8 Å². The number of aromatic nitrogens is 5. The molecular weight excluding hydrogens is 294 g/mol. The van der Waals surface area contributed by atoms with Crippen molar-refractivity contribution in [2.24, 2.45) is 0 Å². The van der Waals surface area contributed by atoms with Crippen molar-refractivity contribution in [1.82, 2.24) is 25.0 Å². The quantitative estimate of drug-likeness (QED) is 0.852. The lowest BCUT2D eigenvalue weighted by atomic mass is 10.2. The van der Waals surface area contributed by atoms with Gasteiger partial charge in [-0.05, 0) is 49.6 Å². The molecule has 0 bridgehead atoms. The third-order valence-corrected chi connectivity index (χ3v) is 5.11. The fourth-order valence-electron chi connectivity index (χ4n) is 2.27. The van der Waals surface area contributed by atoms with Gasteiger partial charge in [0.1, 0.15) is 10.9 Å². The van der Waals surface area contributed by atoms with Crippen molar-refractivity contribution in [3.05, 3.63) is 22.1 Å². The van der Waals surface area contributed by atoms with Crippen LogP contribution in [0.15, 0.2) is 10.2 Å². The molecule has 0 unspecified atom stereocenters. The molecule has 0 N–H and O–H groups in total. The Labute approximate surface area is 127 Å². The van der Waals surface area contributed by atoms with Crippen molar-refractivity contribution in [2.75, 3.05) is 0 Å². The average molecular weight is 310 g/mol. The normalized spacial score (nSPS) is 14.9. The Morgan fingerprint density at radius 3 is 2.70 bits per heavy atom. The maximum atomic E-state index is 5.99. The summed E-state index contributed by atoms with van der Waals surface area (Å²) in [5, 5.41) is 19.0. The first-order valence-corrected chi connectivity index (χ1v) is 7.95. The van der Waals surface area contributed by atoms with Crippen LogP contribution in [0.2, 0.25) is 5.15 Å². The number of hydrogen-bond donors (Lipinski definition) is 0. The largest absolute Gasteiger partial charge is 0.306 e. The number of rotatable bonds is 2. The van der Waals surface area contributed by atoms with Gasteiger partial charge in [-0.3, -0.25) is 0 Å². The van der Waals surface area contributed by atoms with Gasteiger partial charge in [0.2, 0.25) is 0 Å². The molecule has 1 aliphatic heterocycles. The first kappa shape index (κ1) is 13.8. The molecular formula is C13H16ClN5S. The molecule has 106 valence electrons. The predicted molar refractivity (Wildman–Crippen MR) is 78.2 cm³/mol. The predicted octanol–water partition coefficient (Wildman–Crippen LogP) is 3.22. The highest BCUT2D eigenvalue weighted by Crippen LogP contribution is 2.31. The van der Waals surface area contributed by atoms with Crippen LogP contribution in [0.4, 0.5) is 0 Å². The summed E-state index contributed by atoms with van der Waals surface area (Å²) in [6.07, 6.45) is 4.65. The van der Waals surface area contributed by atoms with E-state index in [1.807, 2.05) is 13.8 Å². The minimum absolute atomic E-state index is 0.465. The molecule has 0 amide bonds. The van der Waals surface area contributed by atoms with Gasteiger partial charge in [-0.25, -0.2) is 0 Å². The molecule has 0 radical (unpaired) electrons. The molecule has 20 heavy (non-hydrogen) atoms. The van der Waals surface area contributed by atoms with Gasteiger partial charge < -0.3 is 4.57 Å². The van der Waals surface area contributed by atoms with E-state index in [0.717, 1.165) is 40.1 Å². The summed E-state index contributed by atoms with van der Waals surface area (Å²) in [7, 11) is 0. The molecule has 1 aliphatic rings. The van der Waals surface area contributed by atoms with E-state index in [9.17, 15) is 0 Å². The summed E-state index contributed by atoms with van der Waals surface area (Å²) >= 11 is 7.51. The Kier molecular flexibility index (Phi) is 3.94. The zero-order valence-electron chi connectivity index (χ0n) is 11.6. The Balaban J connectivity index is 1.92. The number of fused-ring (bicyclic) bond motifs is 1. The van der Waals surface area contributed by atoms with Crippen molar-refractivity contribution < 1.29 is 0 Å². The highest BCUT2D eigenvalue weighted by molar-refractivity contribution is 7.99. The van der Waals surface area contributed by atoms with Gasteiger partial charge in [0.05, 0.1) is 0 Å². The number of aryl methyl sites for hydroxylation is 1. The second-order valence-corrected chi connectivity index (χ2v) is 6.32. The van der Waals surface area contributed by atoms with Crippen LogP contribution >= 0.6 is 23.4 Å². The van der Waals surface area contributed by atoms with E-state index in [1.165, 1.54) is 31.0 Å². The second-order valence-electron chi connectivity index (χ2n) is 5.01. The van der Waals surface area contributed by atoms with Gasteiger partial charge >= 0.3 is 0 Å². The molecule has 0 atom stereocenters. The van der Waals surface area contributed by atoms with E-state index in [-0.39, 0.29) is 0 Å². The molecule has 7 heteroatoms. The van der Waals surface area contributed by atoms with Crippen LogP contribution in [-0.4, -0.2) is 25.0 Å².